The normalized spacial score (nSPS) is 19.8. The van der Waals surface area contributed by atoms with Crippen LogP contribution in [0, 0.1) is 0 Å². The summed E-state index contributed by atoms with van der Waals surface area (Å²) in [6.07, 6.45) is 0.512. The van der Waals surface area contributed by atoms with Gasteiger partial charge in [-0.05, 0) is 64.9 Å². The molecule has 2 atom stereocenters. The standard InChI is InChI=1S/C28H25O4P/c1-2-4-21-15-28(10-5-20(21)3-1)33(26-11-6-22(7-12-26)29-16-24-18-31-24)27-13-8-23(9-14-27)30-17-25-19-32-25/h1-15,24-25H,16-19H2. The van der Waals surface area contributed by atoms with Gasteiger partial charge in [0.2, 0.25) is 0 Å². The lowest BCUT2D eigenvalue weighted by Crippen LogP contribution is -2.20. The first-order valence-corrected chi connectivity index (χ1v) is 12.6. The van der Waals surface area contributed by atoms with Crippen LogP contribution < -0.4 is 25.4 Å². The summed E-state index contributed by atoms with van der Waals surface area (Å²) in [4.78, 5) is 0. The smallest absolute Gasteiger partial charge is 0.119 e. The molecule has 33 heavy (non-hydrogen) atoms. The Kier molecular flexibility index (Phi) is 5.73. The van der Waals surface area contributed by atoms with Crippen molar-refractivity contribution < 1.29 is 18.9 Å². The lowest BCUT2D eigenvalue weighted by molar-refractivity contribution is 0.263. The molecule has 4 nitrogen and oxygen atoms in total. The highest BCUT2D eigenvalue weighted by Gasteiger charge is 2.24. The van der Waals surface area contributed by atoms with Gasteiger partial charge in [0, 0.05) is 0 Å². The van der Waals surface area contributed by atoms with Crippen LogP contribution in [0.15, 0.2) is 91.0 Å². The van der Waals surface area contributed by atoms with Crippen molar-refractivity contribution in [2.24, 2.45) is 0 Å². The van der Waals surface area contributed by atoms with E-state index < -0.39 is 7.92 Å². The van der Waals surface area contributed by atoms with E-state index in [-0.39, 0.29) is 12.2 Å². The third-order valence-corrected chi connectivity index (χ3v) is 8.28. The molecule has 0 bridgehead atoms. The Balaban J connectivity index is 1.31. The Morgan fingerprint density at radius 2 is 1.09 bits per heavy atom. The molecule has 2 heterocycles. The molecule has 2 unspecified atom stereocenters. The van der Waals surface area contributed by atoms with Gasteiger partial charge >= 0.3 is 0 Å². The largest absolute Gasteiger partial charge is 0.491 e. The van der Waals surface area contributed by atoms with Crippen molar-refractivity contribution in [3.8, 4) is 11.5 Å². The summed E-state index contributed by atoms with van der Waals surface area (Å²) in [5, 5.41) is 6.42. The van der Waals surface area contributed by atoms with Gasteiger partial charge in [0.05, 0.1) is 13.2 Å². The number of rotatable bonds is 9. The van der Waals surface area contributed by atoms with Gasteiger partial charge < -0.3 is 18.9 Å². The molecule has 0 radical (unpaired) electrons. The molecule has 2 aliphatic rings. The first-order valence-electron chi connectivity index (χ1n) is 11.3. The van der Waals surface area contributed by atoms with Gasteiger partial charge in [0.15, 0.2) is 0 Å². The van der Waals surface area contributed by atoms with Crippen molar-refractivity contribution in [3.05, 3.63) is 91.0 Å². The number of benzene rings is 4. The first-order chi connectivity index (χ1) is 16.3. The molecular formula is C28H25O4P. The fourth-order valence-electron chi connectivity index (χ4n) is 3.85. The molecule has 2 saturated heterocycles. The fraction of sp³-hybridized carbons (Fsp3) is 0.214. The zero-order valence-electron chi connectivity index (χ0n) is 18.2. The number of epoxide rings is 2. The molecule has 4 aromatic carbocycles. The van der Waals surface area contributed by atoms with Gasteiger partial charge in [-0.25, -0.2) is 0 Å². The molecule has 166 valence electrons. The Morgan fingerprint density at radius 1 is 0.606 bits per heavy atom. The molecular weight excluding hydrogens is 431 g/mol. The average molecular weight is 456 g/mol. The minimum Gasteiger partial charge on any atom is -0.491 e. The maximum Gasteiger partial charge on any atom is 0.119 e. The summed E-state index contributed by atoms with van der Waals surface area (Å²) >= 11 is 0. The van der Waals surface area contributed by atoms with Crippen molar-refractivity contribution in [3.63, 3.8) is 0 Å². The van der Waals surface area contributed by atoms with Crippen LogP contribution >= 0.6 is 7.92 Å². The number of hydrogen-bond donors (Lipinski definition) is 0. The third-order valence-electron chi connectivity index (χ3n) is 5.86. The summed E-state index contributed by atoms with van der Waals surface area (Å²) in [7, 11) is -0.723. The number of ether oxygens (including phenoxy) is 4. The van der Waals surface area contributed by atoms with E-state index in [1.807, 2.05) is 0 Å². The molecule has 0 aromatic heterocycles. The van der Waals surface area contributed by atoms with E-state index in [0.29, 0.717) is 13.2 Å². The van der Waals surface area contributed by atoms with Gasteiger partial charge in [-0.2, -0.15) is 0 Å². The van der Waals surface area contributed by atoms with E-state index in [4.69, 9.17) is 18.9 Å². The summed E-state index contributed by atoms with van der Waals surface area (Å²) in [6.45, 7) is 2.84. The highest BCUT2D eigenvalue weighted by Crippen LogP contribution is 2.35. The van der Waals surface area contributed by atoms with E-state index in [2.05, 4.69) is 91.0 Å². The van der Waals surface area contributed by atoms with Gasteiger partial charge in [0.25, 0.3) is 0 Å². The van der Waals surface area contributed by atoms with Gasteiger partial charge in [-0.15, -0.1) is 0 Å². The van der Waals surface area contributed by atoms with Gasteiger partial charge in [-0.3, -0.25) is 0 Å². The first kappa shape index (κ1) is 20.7. The molecule has 2 fully saturated rings. The zero-order valence-corrected chi connectivity index (χ0v) is 19.1. The molecule has 6 rings (SSSR count). The summed E-state index contributed by atoms with van der Waals surface area (Å²) in [6, 6.07) is 32.4. The molecule has 2 aliphatic heterocycles. The van der Waals surface area contributed by atoms with E-state index in [1.54, 1.807) is 0 Å². The van der Waals surface area contributed by atoms with Crippen LogP contribution in [0.5, 0.6) is 11.5 Å². The highest BCUT2D eigenvalue weighted by atomic mass is 31.1. The Morgan fingerprint density at radius 3 is 1.61 bits per heavy atom. The second kappa shape index (κ2) is 9.15. The molecule has 0 aliphatic carbocycles. The van der Waals surface area contributed by atoms with Crippen molar-refractivity contribution in [1.29, 1.82) is 0 Å². The van der Waals surface area contributed by atoms with Crippen LogP contribution in [0.25, 0.3) is 10.8 Å². The lowest BCUT2D eigenvalue weighted by Gasteiger charge is -2.20. The summed E-state index contributed by atoms with van der Waals surface area (Å²) in [5.41, 5.74) is 0. The molecule has 0 spiro atoms. The zero-order chi connectivity index (χ0) is 22.0. The fourth-order valence-corrected chi connectivity index (χ4v) is 6.13. The van der Waals surface area contributed by atoms with Gasteiger partial charge in [-0.1, -0.05) is 60.7 Å². The van der Waals surface area contributed by atoms with Crippen LogP contribution in [0.2, 0.25) is 0 Å². The summed E-state index contributed by atoms with van der Waals surface area (Å²) in [5.74, 6) is 1.77. The number of hydrogen-bond acceptors (Lipinski definition) is 4. The van der Waals surface area contributed by atoms with E-state index in [1.165, 1.54) is 26.7 Å². The summed E-state index contributed by atoms with van der Waals surface area (Å²) < 4.78 is 22.2. The van der Waals surface area contributed by atoms with Crippen LogP contribution in [0.4, 0.5) is 0 Å². The molecule has 0 amide bonds. The SMILES string of the molecule is c1ccc2cc(P(c3ccc(OCC4CO4)cc3)c3ccc(OCC4CO4)cc3)ccc2c1. The van der Waals surface area contributed by atoms with Crippen LogP contribution in [0.1, 0.15) is 0 Å². The molecule has 4 aromatic rings. The second-order valence-corrected chi connectivity index (χ2v) is 10.6. The highest BCUT2D eigenvalue weighted by molar-refractivity contribution is 7.79. The Labute approximate surface area is 194 Å². The Bertz CT molecular complexity index is 1170. The van der Waals surface area contributed by atoms with Crippen molar-refractivity contribution in [2.45, 2.75) is 12.2 Å². The van der Waals surface area contributed by atoms with Gasteiger partial charge in [0.1, 0.15) is 36.9 Å². The quantitative estimate of drug-likeness (QED) is 0.280. The molecule has 5 heteroatoms. The van der Waals surface area contributed by atoms with Crippen LogP contribution in [0.3, 0.4) is 0 Å². The molecule has 0 N–H and O–H groups in total. The van der Waals surface area contributed by atoms with E-state index >= 15 is 0 Å². The van der Waals surface area contributed by atoms with Crippen molar-refractivity contribution >= 4 is 34.6 Å². The van der Waals surface area contributed by atoms with Crippen LogP contribution in [-0.2, 0) is 9.47 Å². The average Bonchev–Trinajstić information content (AvgIpc) is 3.79. The maximum atomic E-state index is 5.86. The van der Waals surface area contributed by atoms with Crippen molar-refractivity contribution in [2.75, 3.05) is 26.4 Å². The van der Waals surface area contributed by atoms with E-state index in [0.717, 1.165) is 24.7 Å². The number of fused-ring (bicyclic) bond motifs is 1. The minimum absolute atomic E-state index is 0.256. The van der Waals surface area contributed by atoms with Crippen LogP contribution in [-0.4, -0.2) is 38.6 Å². The maximum absolute atomic E-state index is 5.86. The predicted molar refractivity (Wildman–Crippen MR) is 133 cm³/mol. The second-order valence-electron chi connectivity index (χ2n) is 8.39. The monoisotopic (exact) mass is 456 g/mol. The minimum atomic E-state index is -0.723. The Hall–Kier alpha value is -2.91. The lowest BCUT2D eigenvalue weighted by atomic mass is 10.1. The van der Waals surface area contributed by atoms with Crippen molar-refractivity contribution in [1.82, 2.24) is 0 Å². The molecule has 0 saturated carbocycles. The predicted octanol–water partition coefficient (Wildman–Crippen LogP) is 4.15. The third kappa shape index (κ3) is 5.04. The topological polar surface area (TPSA) is 43.5 Å². The van der Waals surface area contributed by atoms with E-state index in [9.17, 15) is 0 Å².